The van der Waals surface area contributed by atoms with Gasteiger partial charge in [0.15, 0.2) is 5.69 Å². The van der Waals surface area contributed by atoms with Crippen molar-refractivity contribution in [3.63, 3.8) is 0 Å². The number of carbonyl (C=O) groups excluding carboxylic acids is 3. The van der Waals surface area contributed by atoms with Gasteiger partial charge in [0, 0.05) is 17.8 Å². The molecule has 2 aromatic carbocycles. The SMILES string of the molecule is CCOC(=O)c1csc([C@@H]2C[C@H](NC(=O)OCC3c4ccccc4-c4ccccc43)CN2C(=O)OC(C)(C)C)n1. The van der Waals surface area contributed by atoms with Gasteiger partial charge in [0.05, 0.1) is 18.7 Å². The fourth-order valence-electron chi connectivity index (χ4n) is 5.24. The van der Waals surface area contributed by atoms with Gasteiger partial charge in [-0.25, -0.2) is 19.4 Å². The molecular formula is C30H33N3O6S. The first-order valence-corrected chi connectivity index (χ1v) is 14.3. The Labute approximate surface area is 237 Å². The summed E-state index contributed by atoms with van der Waals surface area (Å²) in [5.41, 5.74) is 4.08. The second-order valence-corrected chi connectivity index (χ2v) is 11.7. The van der Waals surface area contributed by atoms with Crippen molar-refractivity contribution < 1.29 is 28.6 Å². The van der Waals surface area contributed by atoms with Crippen LogP contribution in [0.4, 0.5) is 9.59 Å². The van der Waals surface area contributed by atoms with E-state index in [1.165, 1.54) is 11.3 Å². The zero-order chi connectivity index (χ0) is 28.4. The summed E-state index contributed by atoms with van der Waals surface area (Å²) in [7, 11) is 0. The summed E-state index contributed by atoms with van der Waals surface area (Å²) in [6.07, 6.45) is -0.663. The van der Waals surface area contributed by atoms with E-state index in [0.717, 1.165) is 22.3 Å². The standard InChI is InChI=1S/C30H33N3O6S/c1-5-37-27(34)24-17-40-26(32-24)25-14-18(15-33(25)29(36)39-30(2,3)4)31-28(35)38-16-23-21-12-8-6-10-19(21)20-11-7-9-13-22(20)23/h6-13,17-18,23,25H,5,14-16H2,1-4H3,(H,31,35)/t18-,25-/m0/s1. The van der Waals surface area contributed by atoms with E-state index in [0.29, 0.717) is 11.4 Å². The lowest BCUT2D eigenvalue weighted by Crippen LogP contribution is -2.41. The molecule has 0 spiro atoms. The predicted molar refractivity (Wildman–Crippen MR) is 150 cm³/mol. The summed E-state index contributed by atoms with van der Waals surface area (Å²) in [6.45, 7) is 7.77. The van der Waals surface area contributed by atoms with E-state index >= 15 is 0 Å². The number of nitrogens with zero attached hydrogens (tertiary/aromatic N) is 2. The summed E-state index contributed by atoms with van der Waals surface area (Å²) in [5, 5.41) is 5.12. The molecule has 0 radical (unpaired) electrons. The van der Waals surface area contributed by atoms with Gasteiger partial charge in [-0.1, -0.05) is 48.5 Å². The van der Waals surface area contributed by atoms with Crippen LogP contribution >= 0.6 is 11.3 Å². The van der Waals surface area contributed by atoms with Crippen LogP contribution in [0.5, 0.6) is 0 Å². The number of amides is 2. The zero-order valence-corrected chi connectivity index (χ0v) is 23.8. The van der Waals surface area contributed by atoms with Crippen molar-refractivity contribution in [2.75, 3.05) is 19.8 Å². The number of thiazole rings is 1. The lowest BCUT2D eigenvalue weighted by molar-refractivity contribution is 0.0220. The van der Waals surface area contributed by atoms with Crippen molar-refractivity contribution in [3.05, 3.63) is 75.7 Å². The maximum atomic E-state index is 13.1. The van der Waals surface area contributed by atoms with Crippen LogP contribution < -0.4 is 5.32 Å². The zero-order valence-electron chi connectivity index (χ0n) is 23.0. The number of fused-ring (bicyclic) bond motifs is 3. The van der Waals surface area contributed by atoms with Crippen LogP contribution in [-0.2, 0) is 14.2 Å². The first-order valence-electron chi connectivity index (χ1n) is 13.4. The number of benzene rings is 2. The number of likely N-dealkylation sites (tertiary alicyclic amines) is 1. The van der Waals surface area contributed by atoms with E-state index in [4.69, 9.17) is 14.2 Å². The largest absolute Gasteiger partial charge is 0.461 e. The van der Waals surface area contributed by atoms with Crippen LogP contribution in [0.25, 0.3) is 11.1 Å². The van der Waals surface area contributed by atoms with Crippen molar-refractivity contribution in [2.24, 2.45) is 0 Å². The molecule has 40 heavy (non-hydrogen) atoms. The van der Waals surface area contributed by atoms with Gasteiger partial charge in [-0.15, -0.1) is 11.3 Å². The molecule has 0 saturated carbocycles. The smallest absolute Gasteiger partial charge is 0.410 e. The van der Waals surface area contributed by atoms with Gasteiger partial charge < -0.3 is 19.5 Å². The maximum Gasteiger partial charge on any atom is 0.410 e. The van der Waals surface area contributed by atoms with Gasteiger partial charge in [-0.3, -0.25) is 4.90 Å². The van der Waals surface area contributed by atoms with Gasteiger partial charge in [0.2, 0.25) is 0 Å². The molecule has 5 rings (SSSR count). The van der Waals surface area contributed by atoms with Crippen molar-refractivity contribution in [3.8, 4) is 11.1 Å². The number of alkyl carbamates (subject to hydrolysis) is 1. The Hall–Kier alpha value is -3.92. The molecule has 1 aliphatic heterocycles. The Morgan fingerprint density at radius 2 is 1.68 bits per heavy atom. The number of aromatic nitrogens is 1. The molecule has 1 N–H and O–H groups in total. The first kappa shape index (κ1) is 27.6. The predicted octanol–water partition coefficient (Wildman–Crippen LogP) is 5.91. The normalized spacial score (nSPS) is 18.1. The van der Waals surface area contributed by atoms with Crippen LogP contribution in [0.2, 0.25) is 0 Å². The number of rotatable bonds is 6. The molecule has 0 unspecified atom stereocenters. The molecule has 10 heteroatoms. The van der Waals surface area contributed by atoms with Gasteiger partial charge in [0.25, 0.3) is 0 Å². The van der Waals surface area contributed by atoms with Crippen molar-refractivity contribution in [1.29, 1.82) is 0 Å². The van der Waals surface area contributed by atoms with E-state index in [-0.39, 0.29) is 37.4 Å². The van der Waals surface area contributed by atoms with Crippen LogP contribution in [-0.4, -0.2) is 59.4 Å². The molecule has 1 fully saturated rings. The van der Waals surface area contributed by atoms with Gasteiger partial charge in [-0.05, 0) is 56.4 Å². The Balaban J connectivity index is 1.27. The first-order chi connectivity index (χ1) is 19.1. The Morgan fingerprint density at radius 3 is 2.30 bits per heavy atom. The molecule has 210 valence electrons. The lowest BCUT2D eigenvalue weighted by atomic mass is 9.98. The van der Waals surface area contributed by atoms with Crippen molar-refractivity contribution in [1.82, 2.24) is 15.2 Å². The third-order valence-corrected chi connectivity index (χ3v) is 7.83. The molecule has 1 saturated heterocycles. The van der Waals surface area contributed by atoms with Crippen LogP contribution in [0.1, 0.15) is 72.7 Å². The minimum Gasteiger partial charge on any atom is -0.461 e. The molecular weight excluding hydrogens is 530 g/mol. The number of ether oxygens (including phenoxy) is 3. The van der Waals surface area contributed by atoms with E-state index in [1.807, 2.05) is 24.3 Å². The van der Waals surface area contributed by atoms with Crippen LogP contribution in [0.15, 0.2) is 53.9 Å². The van der Waals surface area contributed by atoms with Gasteiger partial charge >= 0.3 is 18.2 Å². The van der Waals surface area contributed by atoms with Gasteiger partial charge in [0.1, 0.15) is 17.2 Å². The average Bonchev–Trinajstić information content (AvgIpc) is 3.63. The second kappa shape index (κ2) is 11.3. The quantitative estimate of drug-likeness (QED) is 0.294. The summed E-state index contributed by atoms with van der Waals surface area (Å²) >= 11 is 1.27. The summed E-state index contributed by atoms with van der Waals surface area (Å²) in [6, 6.07) is 15.5. The highest BCUT2D eigenvalue weighted by Crippen LogP contribution is 2.44. The topological polar surface area (TPSA) is 107 Å². The fraction of sp³-hybridized carbons (Fsp3) is 0.400. The third kappa shape index (κ3) is 5.82. The van der Waals surface area contributed by atoms with E-state index in [2.05, 4.69) is 34.6 Å². The van der Waals surface area contributed by atoms with E-state index < -0.39 is 29.8 Å². The monoisotopic (exact) mass is 563 g/mol. The fourth-order valence-corrected chi connectivity index (χ4v) is 6.16. The average molecular weight is 564 g/mol. The highest BCUT2D eigenvalue weighted by molar-refractivity contribution is 7.09. The van der Waals surface area contributed by atoms with E-state index in [9.17, 15) is 14.4 Å². The molecule has 2 aliphatic rings. The third-order valence-electron chi connectivity index (χ3n) is 6.89. The highest BCUT2D eigenvalue weighted by Gasteiger charge is 2.41. The number of nitrogens with one attached hydrogen (secondary N) is 1. The van der Waals surface area contributed by atoms with Crippen molar-refractivity contribution >= 4 is 29.5 Å². The summed E-state index contributed by atoms with van der Waals surface area (Å²) < 4.78 is 16.4. The van der Waals surface area contributed by atoms with Crippen LogP contribution in [0, 0.1) is 0 Å². The lowest BCUT2D eigenvalue weighted by Gasteiger charge is -2.27. The molecule has 1 aromatic heterocycles. The van der Waals surface area contributed by atoms with Gasteiger partial charge in [-0.2, -0.15) is 0 Å². The molecule has 3 aromatic rings. The summed E-state index contributed by atoms with van der Waals surface area (Å²) in [4.78, 5) is 44.2. The number of hydrogen-bond acceptors (Lipinski definition) is 8. The Morgan fingerprint density at radius 1 is 1.02 bits per heavy atom. The number of esters is 1. The summed E-state index contributed by atoms with van der Waals surface area (Å²) in [5.74, 6) is -0.565. The molecule has 2 amide bonds. The van der Waals surface area contributed by atoms with Crippen molar-refractivity contribution in [2.45, 2.75) is 57.7 Å². The Kier molecular flexibility index (Phi) is 7.80. The number of carbonyl (C=O) groups is 3. The molecule has 1 aliphatic carbocycles. The van der Waals surface area contributed by atoms with Crippen LogP contribution in [0.3, 0.4) is 0 Å². The minimum absolute atomic E-state index is 0.0515. The minimum atomic E-state index is -0.696. The molecule has 9 nitrogen and oxygen atoms in total. The maximum absolute atomic E-state index is 13.1. The molecule has 0 bridgehead atoms. The molecule has 2 atom stereocenters. The second-order valence-electron chi connectivity index (χ2n) is 10.8. The molecule has 2 heterocycles. The highest BCUT2D eigenvalue weighted by atomic mass is 32.1. The van der Waals surface area contributed by atoms with E-state index in [1.54, 1.807) is 38.0 Å². The Bertz CT molecular complexity index is 1370. The number of hydrogen-bond donors (Lipinski definition) is 1.